The molecule has 2 unspecified atom stereocenters. The lowest BCUT2D eigenvalue weighted by atomic mass is 9.81. The van der Waals surface area contributed by atoms with Crippen LogP contribution >= 0.6 is 0 Å². The molecule has 0 heterocycles. The number of nitrogens with one attached hydrogen (secondary N) is 1. The van der Waals surface area contributed by atoms with E-state index >= 15 is 0 Å². The Labute approximate surface area is 101 Å². The molecule has 2 atom stereocenters. The monoisotopic (exact) mass is 227 g/mol. The van der Waals surface area contributed by atoms with Crippen LogP contribution in [0, 0.1) is 11.8 Å². The standard InChI is InChI=1S/C14H29NO/c1-11(2)9-12-7-6-8-13(10-12)15-16-14(3,4)5/h11-13,15H,6-10H2,1-5H3. The van der Waals surface area contributed by atoms with Gasteiger partial charge in [-0.15, -0.1) is 0 Å². The van der Waals surface area contributed by atoms with Crippen molar-refractivity contribution < 1.29 is 4.84 Å². The van der Waals surface area contributed by atoms with Crippen molar-refractivity contribution >= 4 is 0 Å². The van der Waals surface area contributed by atoms with Crippen molar-refractivity contribution in [1.29, 1.82) is 0 Å². The second-order valence-electron chi connectivity index (χ2n) is 6.69. The van der Waals surface area contributed by atoms with Crippen LogP contribution in [0.25, 0.3) is 0 Å². The van der Waals surface area contributed by atoms with Gasteiger partial charge >= 0.3 is 0 Å². The van der Waals surface area contributed by atoms with Crippen LogP contribution in [0.1, 0.15) is 66.7 Å². The topological polar surface area (TPSA) is 21.3 Å². The molecule has 0 aromatic carbocycles. The van der Waals surface area contributed by atoms with Gasteiger partial charge < -0.3 is 0 Å². The summed E-state index contributed by atoms with van der Waals surface area (Å²) in [5.41, 5.74) is 3.19. The van der Waals surface area contributed by atoms with Gasteiger partial charge in [0.2, 0.25) is 0 Å². The molecule has 1 aliphatic rings. The molecule has 96 valence electrons. The summed E-state index contributed by atoms with van der Waals surface area (Å²) < 4.78 is 0. The molecule has 1 fully saturated rings. The van der Waals surface area contributed by atoms with Crippen molar-refractivity contribution in [3.8, 4) is 0 Å². The first-order valence-electron chi connectivity index (χ1n) is 6.80. The van der Waals surface area contributed by atoms with Gasteiger partial charge in [0.25, 0.3) is 0 Å². The third-order valence-corrected chi connectivity index (χ3v) is 3.12. The van der Waals surface area contributed by atoms with E-state index in [0.29, 0.717) is 6.04 Å². The van der Waals surface area contributed by atoms with E-state index in [1.807, 2.05) is 0 Å². The molecular weight excluding hydrogens is 198 g/mol. The molecule has 0 amide bonds. The van der Waals surface area contributed by atoms with Crippen LogP contribution in [-0.4, -0.2) is 11.6 Å². The van der Waals surface area contributed by atoms with Crippen molar-refractivity contribution in [1.82, 2.24) is 5.48 Å². The minimum absolute atomic E-state index is 0.0784. The summed E-state index contributed by atoms with van der Waals surface area (Å²) in [5, 5.41) is 0. The molecule has 2 nitrogen and oxygen atoms in total. The van der Waals surface area contributed by atoms with E-state index in [4.69, 9.17) is 4.84 Å². The highest BCUT2D eigenvalue weighted by molar-refractivity contribution is 4.77. The summed E-state index contributed by atoms with van der Waals surface area (Å²) in [6, 6.07) is 0.566. The number of hydrogen-bond acceptors (Lipinski definition) is 2. The van der Waals surface area contributed by atoms with Crippen LogP contribution in [-0.2, 0) is 4.84 Å². The van der Waals surface area contributed by atoms with Crippen LogP contribution in [0.3, 0.4) is 0 Å². The highest BCUT2D eigenvalue weighted by Crippen LogP contribution is 2.29. The summed E-state index contributed by atoms with van der Waals surface area (Å²) in [4.78, 5) is 5.67. The number of rotatable bonds is 4. The molecular formula is C14H29NO. The first-order chi connectivity index (χ1) is 7.37. The SMILES string of the molecule is CC(C)CC1CCCC(NOC(C)(C)C)C1. The lowest BCUT2D eigenvalue weighted by Crippen LogP contribution is -2.39. The fraction of sp³-hybridized carbons (Fsp3) is 1.00. The number of hydrogen-bond donors (Lipinski definition) is 1. The predicted molar refractivity (Wildman–Crippen MR) is 69.2 cm³/mol. The van der Waals surface area contributed by atoms with Crippen molar-refractivity contribution in [2.24, 2.45) is 11.8 Å². The van der Waals surface area contributed by atoms with E-state index < -0.39 is 0 Å². The molecule has 16 heavy (non-hydrogen) atoms. The minimum atomic E-state index is -0.0784. The minimum Gasteiger partial charge on any atom is -0.296 e. The Morgan fingerprint density at radius 1 is 1.25 bits per heavy atom. The number of hydroxylamine groups is 1. The van der Waals surface area contributed by atoms with E-state index in [2.05, 4.69) is 40.1 Å². The first kappa shape index (κ1) is 14.0. The quantitative estimate of drug-likeness (QED) is 0.735. The maximum Gasteiger partial charge on any atom is 0.0813 e. The molecule has 1 saturated carbocycles. The van der Waals surface area contributed by atoms with Gasteiger partial charge in [0, 0.05) is 6.04 Å². The zero-order valence-corrected chi connectivity index (χ0v) is 11.7. The smallest absolute Gasteiger partial charge is 0.0813 e. The Bertz CT molecular complexity index is 195. The summed E-state index contributed by atoms with van der Waals surface area (Å²) in [6.45, 7) is 10.9. The van der Waals surface area contributed by atoms with E-state index in [9.17, 15) is 0 Å². The molecule has 1 aliphatic carbocycles. The summed E-state index contributed by atoms with van der Waals surface area (Å²) >= 11 is 0. The summed E-state index contributed by atoms with van der Waals surface area (Å²) in [5.74, 6) is 1.72. The Morgan fingerprint density at radius 3 is 2.50 bits per heavy atom. The zero-order chi connectivity index (χ0) is 12.2. The average molecular weight is 227 g/mol. The molecule has 0 aromatic heterocycles. The molecule has 0 spiro atoms. The first-order valence-corrected chi connectivity index (χ1v) is 6.80. The molecule has 0 saturated heterocycles. The van der Waals surface area contributed by atoms with Crippen LogP contribution in [0.2, 0.25) is 0 Å². The summed E-state index contributed by atoms with van der Waals surface area (Å²) in [6.07, 6.45) is 6.68. The van der Waals surface area contributed by atoms with Crippen LogP contribution in [0.15, 0.2) is 0 Å². The Balaban J connectivity index is 2.27. The second kappa shape index (κ2) is 6.02. The van der Waals surface area contributed by atoms with Gasteiger partial charge in [0.1, 0.15) is 0 Å². The van der Waals surface area contributed by atoms with Crippen LogP contribution in [0.5, 0.6) is 0 Å². The van der Waals surface area contributed by atoms with Gasteiger partial charge in [-0.1, -0.05) is 26.7 Å². The molecule has 1 rings (SSSR count). The van der Waals surface area contributed by atoms with E-state index in [0.717, 1.165) is 11.8 Å². The summed E-state index contributed by atoms with van der Waals surface area (Å²) in [7, 11) is 0. The van der Waals surface area contributed by atoms with Gasteiger partial charge in [-0.3, -0.25) is 4.84 Å². The van der Waals surface area contributed by atoms with Gasteiger partial charge in [-0.25, -0.2) is 0 Å². The van der Waals surface area contributed by atoms with Gasteiger partial charge in [0.15, 0.2) is 0 Å². The maximum absolute atomic E-state index is 5.67. The molecule has 0 aliphatic heterocycles. The highest BCUT2D eigenvalue weighted by Gasteiger charge is 2.24. The van der Waals surface area contributed by atoms with Crippen LogP contribution < -0.4 is 5.48 Å². The van der Waals surface area contributed by atoms with E-state index in [-0.39, 0.29) is 5.60 Å². The zero-order valence-electron chi connectivity index (χ0n) is 11.7. The Kier molecular flexibility index (Phi) is 5.26. The third kappa shape index (κ3) is 5.86. The van der Waals surface area contributed by atoms with Gasteiger partial charge in [0.05, 0.1) is 5.60 Å². The average Bonchev–Trinajstić information content (AvgIpc) is 2.13. The fourth-order valence-corrected chi connectivity index (χ4v) is 2.54. The van der Waals surface area contributed by atoms with E-state index in [1.165, 1.54) is 32.1 Å². The van der Waals surface area contributed by atoms with Crippen molar-refractivity contribution in [3.63, 3.8) is 0 Å². The molecule has 1 N–H and O–H groups in total. The van der Waals surface area contributed by atoms with Gasteiger partial charge in [-0.2, -0.15) is 5.48 Å². The van der Waals surface area contributed by atoms with Crippen molar-refractivity contribution in [3.05, 3.63) is 0 Å². The Morgan fingerprint density at radius 2 is 1.94 bits per heavy atom. The van der Waals surface area contributed by atoms with Crippen molar-refractivity contribution in [2.45, 2.75) is 78.4 Å². The molecule has 2 heteroatoms. The molecule has 0 radical (unpaired) electrons. The Hall–Kier alpha value is -0.0800. The van der Waals surface area contributed by atoms with E-state index in [1.54, 1.807) is 0 Å². The van der Waals surface area contributed by atoms with Gasteiger partial charge in [-0.05, 0) is 51.9 Å². The van der Waals surface area contributed by atoms with Crippen LogP contribution in [0.4, 0.5) is 0 Å². The third-order valence-electron chi connectivity index (χ3n) is 3.12. The largest absolute Gasteiger partial charge is 0.296 e. The lowest BCUT2D eigenvalue weighted by Gasteiger charge is -2.32. The molecule has 0 bridgehead atoms. The molecule has 0 aromatic rings. The normalized spacial score (nSPS) is 27.4. The predicted octanol–water partition coefficient (Wildman–Crippen LogP) is 3.91. The second-order valence-corrected chi connectivity index (χ2v) is 6.69. The fourth-order valence-electron chi connectivity index (χ4n) is 2.54. The highest BCUT2D eigenvalue weighted by atomic mass is 16.7. The lowest BCUT2D eigenvalue weighted by molar-refractivity contribution is -0.0955. The maximum atomic E-state index is 5.67. The van der Waals surface area contributed by atoms with Crippen molar-refractivity contribution in [2.75, 3.05) is 0 Å².